The zero-order valence-electron chi connectivity index (χ0n) is 11.1. The molecule has 1 atom stereocenters. The molecule has 0 bridgehead atoms. The van der Waals surface area contributed by atoms with Crippen molar-refractivity contribution in [3.63, 3.8) is 0 Å². The molecule has 1 aromatic rings. The van der Waals surface area contributed by atoms with Gasteiger partial charge in [-0.2, -0.15) is 0 Å². The minimum atomic E-state index is -1.08. The van der Waals surface area contributed by atoms with Gasteiger partial charge in [-0.1, -0.05) is 12.8 Å². The second-order valence-corrected chi connectivity index (χ2v) is 5.55. The molecule has 0 saturated heterocycles. The van der Waals surface area contributed by atoms with E-state index in [2.05, 4.69) is 20.6 Å². The molecular formula is C13H18N4O3. The van der Waals surface area contributed by atoms with Crippen molar-refractivity contribution in [2.45, 2.75) is 50.2 Å². The summed E-state index contributed by atoms with van der Waals surface area (Å²) in [7, 11) is 0. The third-order valence-electron chi connectivity index (χ3n) is 4.28. The highest BCUT2D eigenvalue weighted by atomic mass is 16.4. The fraction of sp³-hybridized carbons (Fsp3) is 0.615. The fourth-order valence-corrected chi connectivity index (χ4v) is 3.05. The molecule has 1 aliphatic heterocycles. The average Bonchev–Trinajstić information content (AvgIpc) is 3.06. The van der Waals surface area contributed by atoms with Gasteiger partial charge in [0.1, 0.15) is 5.54 Å². The maximum atomic E-state index is 12.3. The topological polar surface area (TPSA) is 107 Å². The van der Waals surface area contributed by atoms with E-state index in [0.717, 1.165) is 24.2 Å². The molecule has 3 rings (SSSR count). The van der Waals surface area contributed by atoms with E-state index in [9.17, 15) is 14.7 Å². The van der Waals surface area contributed by atoms with Gasteiger partial charge in [-0.25, -0.2) is 9.78 Å². The molecule has 1 amide bonds. The lowest BCUT2D eigenvalue weighted by atomic mass is 9.96. The lowest BCUT2D eigenvalue weighted by Crippen LogP contribution is -2.58. The Morgan fingerprint density at radius 3 is 2.85 bits per heavy atom. The van der Waals surface area contributed by atoms with Crippen LogP contribution in [0.5, 0.6) is 0 Å². The molecular weight excluding hydrogens is 260 g/mol. The fourth-order valence-electron chi connectivity index (χ4n) is 3.05. The number of aliphatic carboxylic acids is 1. The minimum absolute atomic E-state index is 0.247. The third kappa shape index (κ3) is 2.18. The van der Waals surface area contributed by atoms with Crippen LogP contribution in [0.15, 0.2) is 6.33 Å². The van der Waals surface area contributed by atoms with Crippen molar-refractivity contribution in [2.24, 2.45) is 0 Å². The third-order valence-corrected chi connectivity index (χ3v) is 4.28. The molecule has 1 aliphatic carbocycles. The van der Waals surface area contributed by atoms with Gasteiger partial charge < -0.3 is 15.4 Å². The predicted molar refractivity (Wildman–Crippen MR) is 69.9 cm³/mol. The summed E-state index contributed by atoms with van der Waals surface area (Å²) in [6, 6.07) is -0.414. The number of imidazole rings is 1. The summed E-state index contributed by atoms with van der Waals surface area (Å²) in [6.45, 7) is 0.549. The quantitative estimate of drug-likeness (QED) is 0.619. The summed E-state index contributed by atoms with van der Waals surface area (Å²) in [6.07, 6.45) is 4.80. The van der Waals surface area contributed by atoms with Gasteiger partial charge >= 0.3 is 5.97 Å². The molecule has 0 spiro atoms. The molecule has 7 heteroatoms. The number of hydrogen-bond acceptors (Lipinski definition) is 4. The van der Waals surface area contributed by atoms with Gasteiger partial charge in [0.05, 0.1) is 23.8 Å². The molecule has 0 radical (unpaired) electrons. The standard InChI is InChI=1S/C13H18N4O3/c18-11(17-13(12(19)20)3-1-2-4-13)9-5-8-10(6-14-9)16-7-15-8/h7,9,14H,1-6H2,(H,15,16)(H,17,18)(H,19,20). The molecule has 1 unspecified atom stereocenters. The maximum Gasteiger partial charge on any atom is 0.329 e. The van der Waals surface area contributed by atoms with Crippen LogP contribution in [0.2, 0.25) is 0 Å². The summed E-state index contributed by atoms with van der Waals surface area (Å²) >= 11 is 0. The highest BCUT2D eigenvalue weighted by molar-refractivity contribution is 5.90. The van der Waals surface area contributed by atoms with Crippen LogP contribution in [0.3, 0.4) is 0 Å². The highest BCUT2D eigenvalue weighted by Crippen LogP contribution is 2.30. The molecule has 1 saturated carbocycles. The van der Waals surface area contributed by atoms with Crippen molar-refractivity contribution in [1.82, 2.24) is 20.6 Å². The van der Waals surface area contributed by atoms with Gasteiger partial charge in [-0.05, 0) is 12.8 Å². The minimum Gasteiger partial charge on any atom is -0.480 e. The van der Waals surface area contributed by atoms with Crippen LogP contribution < -0.4 is 10.6 Å². The van der Waals surface area contributed by atoms with E-state index >= 15 is 0 Å². The first kappa shape index (κ1) is 13.1. The Balaban J connectivity index is 1.69. The number of nitrogens with zero attached hydrogens (tertiary/aromatic N) is 1. The van der Waals surface area contributed by atoms with E-state index in [1.54, 1.807) is 6.33 Å². The van der Waals surface area contributed by atoms with Crippen LogP contribution in [0, 0.1) is 0 Å². The van der Waals surface area contributed by atoms with Crippen LogP contribution in [-0.4, -0.2) is 38.5 Å². The van der Waals surface area contributed by atoms with Crippen LogP contribution >= 0.6 is 0 Å². The normalized spacial score (nSPS) is 24.1. The van der Waals surface area contributed by atoms with Crippen LogP contribution in [0.1, 0.15) is 37.1 Å². The largest absolute Gasteiger partial charge is 0.480 e. The van der Waals surface area contributed by atoms with Crippen LogP contribution in [0.4, 0.5) is 0 Å². The summed E-state index contributed by atoms with van der Waals surface area (Å²) < 4.78 is 0. The smallest absolute Gasteiger partial charge is 0.329 e. The van der Waals surface area contributed by atoms with Crippen molar-refractivity contribution in [3.8, 4) is 0 Å². The molecule has 2 aliphatic rings. The number of carboxylic acids is 1. The molecule has 7 nitrogen and oxygen atoms in total. The number of aromatic amines is 1. The van der Waals surface area contributed by atoms with Crippen LogP contribution in [0.25, 0.3) is 0 Å². The predicted octanol–water partition coefficient (Wildman–Crippen LogP) is -0.0624. The Hall–Kier alpha value is -1.89. The van der Waals surface area contributed by atoms with Crippen LogP contribution in [-0.2, 0) is 22.6 Å². The van der Waals surface area contributed by atoms with Crippen molar-refractivity contribution in [3.05, 3.63) is 17.7 Å². The molecule has 108 valence electrons. The maximum absolute atomic E-state index is 12.3. The molecule has 0 aromatic carbocycles. The van der Waals surface area contributed by atoms with Crippen molar-refractivity contribution >= 4 is 11.9 Å². The zero-order chi connectivity index (χ0) is 14.2. The van der Waals surface area contributed by atoms with Gasteiger partial charge in [0.2, 0.25) is 5.91 Å². The number of rotatable bonds is 3. The SMILES string of the molecule is O=C(NC1(C(=O)O)CCCC1)C1Cc2nc[nH]c2CN1. The van der Waals surface area contributed by atoms with Gasteiger partial charge in [-0.3, -0.25) is 10.1 Å². The Bertz CT molecular complexity index is 533. The van der Waals surface area contributed by atoms with E-state index in [0.29, 0.717) is 25.8 Å². The number of fused-ring (bicyclic) bond motifs is 1. The van der Waals surface area contributed by atoms with Crippen molar-refractivity contribution in [1.29, 1.82) is 0 Å². The Kier molecular flexibility index (Phi) is 3.21. The Morgan fingerprint density at radius 1 is 1.40 bits per heavy atom. The second kappa shape index (κ2) is 4.90. The average molecular weight is 278 g/mol. The Labute approximate surface area is 116 Å². The molecule has 4 N–H and O–H groups in total. The number of H-pyrrole nitrogens is 1. The number of nitrogens with one attached hydrogen (secondary N) is 3. The van der Waals surface area contributed by atoms with Crippen molar-refractivity contribution < 1.29 is 14.7 Å². The number of hydrogen-bond donors (Lipinski definition) is 4. The molecule has 20 heavy (non-hydrogen) atoms. The lowest BCUT2D eigenvalue weighted by Gasteiger charge is -2.29. The number of aromatic nitrogens is 2. The van der Waals surface area contributed by atoms with Crippen molar-refractivity contribution in [2.75, 3.05) is 0 Å². The zero-order valence-corrected chi connectivity index (χ0v) is 11.1. The number of amides is 1. The summed E-state index contributed by atoms with van der Waals surface area (Å²) in [5.41, 5.74) is 0.785. The van der Waals surface area contributed by atoms with E-state index in [1.807, 2.05) is 0 Å². The van der Waals surface area contributed by atoms with E-state index in [-0.39, 0.29) is 5.91 Å². The van der Waals surface area contributed by atoms with Gasteiger partial charge in [-0.15, -0.1) is 0 Å². The lowest BCUT2D eigenvalue weighted by molar-refractivity contribution is -0.147. The second-order valence-electron chi connectivity index (χ2n) is 5.55. The Morgan fingerprint density at radius 2 is 2.15 bits per heavy atom. The number of carbonyl (C=O) groups excluding carboxylic acids is 1. The van der Waals surface area contributed by atoms with Gasteiger partial charge in [0.15, 0.2) is 0 Å². The first-order valence-corrected chi connectivity index (χ1v) is 6.91. The molecule has 1 fully saturated rings. The van der Waals surface area contributed by atoms with Gasteiger partial charge in [0, 0.05) is 13.0 Å². The summed E-state index contributed by atoms with van der Waals surface area (Å²) in [5.74, 6) is -1.18. The highest BCUT2D eigenvalue weighted by Gasteiger charge is 2.43. The molecule has 2 heterocycles. The first-order valence-electron chi connectivity index (χ1n) is 6.91. The summed E-state index contributed by atoms with van der Waals surface area (Å²) in [4.78, 5) is 31.0. The van der Waals surface area contributed by atoms with E-state index < -0.39 is 17.6 Å². The monoisotopic (exact) mass is 278 g/mol. The number of carbonyl (C=O) groups is 2. The summed E-state index contributed by atoms with van der Waals surface area (Å²) in [5, 5.41) is 15.2. The first-order chi connectivity index (χ1) is 9.61. The molecule has 1 aromatic heterocycles. The number of carboxylic acid groups (broad SMARTS) is 1. The van der Waals surface area contributed by atoms with E-state index in [1.165, 1.54) is 0 Å². The van der Waals surface area contributed by atoms with Gasteiger partial charge in [0.25, 0.3) is 0 Å². The van der Waals surface area contributed by atoms with E-state index in [4.69, 9.17) is 0 Å².